The van der Waals surface area contributed by atoms with Crippen LogP contribution in [0.4, 0.5) is 26.7 Å². The van der Waals surface area contributed by atoms with E-state index in [9.17, 15) is 31.5 Å². The second kappa shape index (κ2) is 7.99. The van der Waals surface area contributed by atoms with Gasteiger partial charge in [0.2, 0.25) is 11.8 Å². The Kier molecular flexibility index (Phi) is 5.80. The van der Waals surface area contributed by atoms with Crippen molar-refractivity contribution in [2.24, 2.45) is 0 Å². The van der Waals surface area contributed by atoms with Gasteiger partial charge in [-0.15, -0.1) is 13.2 Å². The molecule has 0 saturated carbocycles. The van der Waals surface area contributed by atoms with E-state index in [-0.39, 0.29) is 24.8 Å². The van der Waals surface area contributed by atoms with Crippen LogP contribution in [0.1, 0.15) is 25.7 Å². The number of likely N-dealkylation sites (tertiary alicyclic amines) is 2. The fraction of sp³-hybridized carbons (Fsp3) is 0.588. The molecule has 1 aromatic heterocycles. The fourth-order valence-electron chi connectivity index (χ4n) is 3.41. The van der Waals surface area contributed by atoms with Crippen molar-refractivity contribution < 1.29 is 41.0 Å². The summed E-state index contributed by atoms with van der Waals surface area (Å²) in [5.41, 5.74) is 0. The van der Waals surface area contributed by atoms with E-state index >= 15 is 0 Å². The predicted octanol–water partition coefficient (Wildman–Crippen LogP) is 3.20. The number of hydrogen-bond donors (Lipinski definition) is 0. The van der Waals surface area contributed by atoms with Crippen molar-refractivity contribution in [1.29, 1.82) is 0 Å². The zero-order valence-electron chi connectivity index (χ0n) is 15.1. The van der Waals surface area contributed by atoms with Crippen molar-refractivity contribution in [2.75, 3.05) is 19.6 Å². The monoisotopic (exact) mass is 423 g/mol. The second-order valence-electron chi connectivity index (χ2n) is 6.89. The van der Waals surface area contributed by atoms with Gasteiger partial charge in [-0.25, -0.2) is 18.6 Å². The Morgan fingerprint density at radius 1 is 1.24 bits per heavy atom. The molecule has 0 spiro atoms. The molecule has 0 aliphatic carbocycles. The largest absolute Gasteiger partial charge is 0.573 e. The van der Waals surface area contributed by atoms with Crippen LogP contribution in [0.15, 0.2) is 18.3 Å². The molecule has 1 atom stereocenters. The average molecular weight is 423 g/mol. The lowest BCUT2D eigenvalue weighted by molar-refractivity contribution is -0.274. The Labute approximate surface area is 162 Å². The van der Waals surface area contributed by atoms with Gasteiger partial charge in [-0.1, -0.05) is 0 Å². The zero-order valence-corrected chi connectivity index (χ0v) is 15.1. The fourth-order valence-corrected chi connectivity index (χ4v) is 3.41. The van der Waals surface area contributed by atoms with Crippen LogP contribution in [-0.4, -0.2) is 64.7 Å². The highest BCUT2D eigenvalue weighted by Gasteiger charge is 2.45. The second-order valence-corrected chi connectivity index (χ2v) is 6.89. The van der Waals surface area contributed by atoms with Crippen molar-refractivity contribution in [1.82, 2.24) is 14.8 Å². The minimum atomic E-state index is -4.90. The molecule has 12 heteroatoms. The number of carbonyl (C=O) groups is 2. The third-order valence-electron chi connectivity index (χ3n) is 4.58. The molecule has 3 heterocycles. The minimum absolute atomic E-state index is 0.130. The molecule has 0 bridgehead atoms. The van der Waals surface area contributed by atoms with Crippen LogP contribution in [0, 0.1) is 0 Å². The molecule has 1 aromatic rings. The van der Waals surface area contributed by atoms with Gasteiger partial charge in [-0.05, 0) is 18.9 Å². The first-order valence-corrected chi connectivity index (χ1v) is 8.88. The maximum absolute atomic E-state index is 14.2. The van der Waals surface area contributed by atoms with Gasteiger partial charge >= 0.3 is 12.5 Å². The summed E-state index contributed by atoms with van der Waals surface area (Å²) in [5, 5.41) is 0. The van der Waals surface area contributed by atoms with Crippen molar-refractivity contribution >= 4 is 12.0 Å². The number of nitrogens with zero attached hydrogens (tertiary/aromatic N) is 3. The van der Waals surface area contributed by atoms with E-state index in [4.69, 9.17) is 4.74 Å². The number of amides is 2. The third kappa shape index (κ3) is 5.67. The molecular formula is C17H18F5N3O4. The van der Waals surface area contributed by atoms with E-state index < -0.39 is 43.1 Å². The lowest BCUT2D eigenvalue weighted by Gasteiger charge is -2.43. The summed E-state index contributed by atoms with van der Waals surface area (Å²) in [4.78, 5) is 30.0. The SMILES string of the molecule is O=C(Oc1ccc(OC(F)(F)F)cn1)N1C[C@H](N2CCCCC2=O)CC(F)(F)C1. The molecule has 0 unspecified atom stereocenters. The first-order valence-electron chi connectivity index (χ1n) is 8.88. The number of pyridine rings is 1. The Bertz CT molecular complexity index is 756. The summed E-state index contributed by atoms with van der Waals surface area (Å²) in [6.07, 6.45) is -4.21. The number of carbonyl (C=O) groups excluding carboxylic acids is 2. The minimum Gasteiger partial charge on any atom is -0.404 e. The van der Waals surface area contributed by atoms with E-state index in [2.05, 4.69) is 9.72 Å². The van der Waals surface area contributed by atoms with Gasteiger partial charge in [0.05, 0.1) is 18.8 Å². The van der Waals surface area contributed by atoms with E-state index in [0.29, 0.717) is 25.6 Å². The molecule has 2 aliphatic heterocycles. The molecule has 2 aliphatic rings. The number of hydrogen-bond acceptors (Lipinski definition) is 5. The van der Waals surface area contributed by atoms with Gasteiger partial charge in [0.1, 0.15) is 5.75 Å². The van der Waals surface area contributed by atoms with Crippen molar-refractivity contribution in [2.45, 2.75) is 44.0 Å². The van der Waals surface area contributed by atoms with Gasteiger partial charge < -0.3 is 14.4 Å². The Morgan fingerprint density at radius 3 is 2.62 bits per heavy atom. The lowest BCUT2D eigenvalue weighted by atomic mass is 9.98. The average Bonchev–Trinajstić information content (AvgIpc) is 2.61. The predicted molar refractivity (Wildman–Crippen MR) is 87.4 cm³/mol. The molecule has 3 rings (SSSR count). The summed E-state index contributed by atoms with van der Waals surface area (Å²) in [5.74, 6) is -4.43. The molecule has 160 valence electrons. The van der Waals surface area contributed by atoms with Crippen LogP contribution in [0.5, 0.6) is 11.6 Å². The maximum atomic E-state index is 14.2. The summed E-state index contributed by atoms with van der Waals surface area (Å²) in [7, 11) is 0. The highest BCUT2D eigenvalue weighted by atomic mass is 19.4. The van der Waals surface area contributed by atoms with Crippen LogP contribution in [-0.2, 0) is 4.79 Å². The number of alkyl halides is 5. The van der Waals surface area contributed by atoms with Gasteiger partial charge in [-0.3, -0.25) is 9.69 Å². The molecule has 2 fully saturated rings. The number of piperidine rings is 2. The van der Waals surface area contributed by atoms with Crippen molar-refractivity contribution in [3.05, 3.63) is 18.3 Å². The Hall–Kier alpha value is -2.66. The normalized spacial score (nSPS) is 22.4. The summed E-state index contributed by atoms with van der Waals surface area (Å²) in [6, 6.07) is 0.991. The Balaban J connectivity index is 1.65. The van der Waals surface area contributed by atoms with Crippen molar-refractivity contribution in [3.63, 3.8) is 0 Å². The van der Waals surface area contributed by atoms with E-state index in [1.165, 1.54) is 4.90 Å². The molecule has 7 nitrogen and oxygen atoms in total. The molecule has 0 aromatic carbocycles. The van der Waals surface area contributed by atoms with Crippen LogP contribution in [0.3, 0.4) is 0 Å². The lowest BCUT2D eigenvalue weighted by Crippen LogP contribution is -2.59. The van der Waals surface area contributed by atoms with Gasteiger partial charge in [0.15, 0.2) is 0 Å². The zero-order chi connectivity index (χ0) is 21.2. The van der Waals surface area contributed by atoms with E-state index in [0.717, 1.165) is 17.0 Å². The summed E-state index contributed by atoms with van der Waals surface area (Å²) in [6.45, 7) is -0.667. The van der Waals surface area contributed by atoms with Crippen LogP contribution >= 0.6 is 0 Å². The number of rotatable bonds is 3. The molecule has 2 amide bonds. The van der Waals surface area contributed by atoms with E-state index in [1.54, 1.807) is 0 Å². The van der Waals surface area contributed by atoms with Crippen LogP contribution in [0.2, 0.25) is 0 Å². The van der Waals surface area contributed by atoms with Crippen molar-refractivity contribution in [3.8, 4) is 11.6 Å². The van der Waals surface area contributed by atoms with Gasteiger partial charge in [-0.2, -0.15) is 0 Å². The molecule has 2 saturated heterocycles. The highest BCUT2D eigenvalue weighted by Crippen LogP contribution is 2.31. The molecule has 0 radical (unpaired) electrons. The van der Waals surface area contributed by atoms with Gasteiger partial charge in [0, 0.05) is 32.0 Å². The number of halogens is 5. The van der Waals surface area contributed by atoms with E-state index in [1.807, 2.05) is 0 Å². The van der Waals surface area contributed by atoms with Gasteiger partial charge in [0.25, 0.3) is 5.92 Å². The molecule has 29 heavy (non-hydrogen) atoms. The number of ether oxygens (including phenoxy) is 2. The topological polar surface area (TPSA) is 72.0 Å². The highest BCUT2D eigenvalue weighted by molar-refractivity contribution is 5.77. The number of aromatic nitrogens is 1. The van der Waals surface area contributed by atoms with Crippen LogP contribution in [0.25, 0.3) is 0 Å². The first kappa shape index (κ1) is 21.1. The summed E-state index contributed by atoms with van der Waals surface area (Å²) >= 11 is 0. The molecule has 0 N–H and O–H groups in total. The summed E-state index contributed by atoms with van der Waals surface area (Å²) < 4.78 is 73.3. The molecular weight excluding hydrogens is 405 g/mol. The Morgan fingerprint density at radius 2 is 2.00 bits per heavy atom. The maximum Gasteiger partial charge on any atom is 0.573 e. The van der Waals surface area contributed by atoms with Crippen LogP contribution < -0.4 is 9.47 Å². The third-order valence-corrected chi connectivity index (χ3v) is 4.58. The first-order chi connectivity index (χ1) is 13.5. The smallest absolute Gasteiger partial charge is 0.404 e. The quantitative estimate of drug-likeness (QED) is 0.699. The standard InChI is InChI=1S/C17H18F5N3O4/c18-16(19)7-11(25-6-2-1-3-14(25)26)9-24(10-16)15(27)28-13-5-4-12(8-23-13)29-17(20,21)22/h4-5,8,11H,1-3,6-7,9-10H2/t11-/m1/s1.